The minimum atomic E-state index is -0.428. The third-order valence-corrected chi connectivity index (χ3v) is 5.98. The number of nitrogens with zero attached hydrogens (tertiary/aromatic N) is 4. The van der Waals surface area contributed by atoms with E-state index in [9.17, 15) is 9.18 Å². The Bertz CT molecular complexity index is 1250. The molecule has 0 unspecified atom stereocenters. The van der Waals surface area contributed by atoms with Gasteiger partial charge in [-0.3, -0.25) is 9.36 Å². The van der Waals surface area contributed by atoms with Crippen LogP contribution in [0.5, 0.6) is 11.5 Å². The SMILES string of the molecule is COc1ccc(OCc2nnc(SCC(=O)N(C)c3ccccc3)n2-c2ccccc2F)cc1. The molecule has 3 aromatic carbocycles. The van der Waals surface area contributed by atoms with Gasteiger partial charge in [0.15, 0.2) is 11.0 Å². The van der Waals surface area contributed by atoms with Crippen molar-refractivity contribution in [3.05, 3.63) is 90.5 Å². The van der Waals surface area contributed by atoms with Crippen LogP contribution in [0.4, 0.5) is 10.1 Å². The summed E-state index contributed by atoms with van der Waals surface area (Å²) in [6.07, 6.45) is 0. The van der Waals surface area contributed by atoms with Gasteiger partial charge in [-0.15, -0.1) is 10.2 Å². The van der Waals surface area contributed by atoms with E-state index in [0.29, 0.717) is 22.5 Å². The molecule has 0 bridgehead atoms. The van der Waals surface area contributed by atoms with E-state index in [1.807, 2.05) is 30.3 Å². The molecule has 0 aliphatic rings. The van der Waals surface area contributed by atoms with Crippen molar-refractivity contribution in [1.29, 1.82) is 0 Å². The van der Waals surface area contributed by atoms with Crippen LogP contribution >= 0.6 is 11.8 Å². The van der Waals surface area contributed by atoms with Crippen molar-refractivity contribution >= 4 is 23.4 Å². The van der Waals surface area contributed by atoms with Gasteiger partial charge in [0.25, 0.3) is 0 Å². The lowest BCUT2D eigenvalue weighted by Gasteiger charge is -2.17. The molecule has 1 heterocycles. The number of hydrogen-bond acceptors (Lipinski definition) is 6. The van der Waals surface area contributed by atoms with Crippen molar-refractivity contribution in [1.82, 2.24) is 14.8 Å². The van der Waals surface area contributed by atoms with Crippen LogP contribution in [0.15, 0.2) is 84.0 Å². The summed E-state index contributed by atoms with van der Waals surface area (Å²) in [6.45, 7) is 0.0616. The first kappa shape index (κ1) is 23.3. The van der Waals surface area contributed by atoms with Crippen LogP contribution in [0.2, 0.25) is 0 Å². The molecule has 1 amide bonds. The highest BCUT2D eigenvalue weighted by Crippen LogP contribution is 2.26. The number of para-hydroxylation sites is 2. The standard InChI is InChI=1S/C25H23FN4O3S/c1-29(18-8-4-3-5-9-18)24(31)17-34-25-28-27-23(30(25)22-11-7-6-10-21(22)26)16-33-20-14-12-19(32-2)13-15-20/h3-15H,16-17H2,1-2H3. The van der Waals surface area contributed by atoms with Crippen molar-refractivity contribution in [2.45, 2.75) is 11.8 Å². The van der Waals surface area contributed by atoms with Crippen molar-refractivity contribution in [3.63, 3.8) is 0 Å². The van der Waals surface area contributed by atoms with E-state index in [-0.39, 0.29) is 24.0 Å². The number of methoxy groups -OCH3 is 1. The largest absolute Gasteiger partial charge is 0.497 e. The molecule has 0 atom stereocenters. The molecule has 0 saturated carbocycles. The second-order valence-electron chi connectivity index (χ2n) is 7.23. The van der Waals surface area contributed by atoms with Crippen molar-refractivity contribution in [2.75, 3.05) is 24.8 Å². The smallest absolute Gasteiger partial charge is 0.237 e. The molecule has 0 fully saturated rings. The van der Waals surface area contributed by atoms with Gasteiger partial charge in [0.2, 0.25) is 5.91 Å². The summed E-state index contributed by atoms with van der Waals surface area (Å²) in [5, 5.41) is 8.83. The first-order valence-electron chi connectivity index (χ1n) is 10.5. The van der Waals surface area contributed by atoms with E-state index in [4.69, 9.17) is 9.47 Å². The molecule has 0 N–H and O–H groups in total. The van der Waals surface area contributed by atoms with Gasteiger partial charge in [-0.2, -0.15) is 0 Å². The lowest BCUT2D eigenvalue weighted by molar-refractivity contribution is -0.115. The Morgan fingerprint density at radius 1 is 0.971 bits per heavy atom. The number of rotatable bonds is 9. The van der Waals surface area contributed by atoms with E-state index in [1.165, 1.54) is 17.8 Å². The fourth-order valence-corrected chi connectivity index (χ4v) is 4.08. The van der Waals surface area contributed by atoms with Gasteiger partial charge < -0.3 is 14.4 Å². The average Bonchev–Trinajstić information content (AvgIpc) is 3.29. The zero-order valence-electron chi connectivity index (χ0n) is 18.7. The number of amides is 1. The van der Waals surface area contributed by atoms with Gasteiger partial charge >= 0.3 is 0 Å². The molecule has 7 nitrogen and oxygen atoms in total. The summed E-state index contributed by atoms with van der Waals surface area (Å²) in [5.74, 6) is 1.30. The summed E-state index contributed by atoms with van der Waals surface area (Å²) in [5.41, 5.74) is 1.07. The maximum absolute atomic E-state index is 14.7. The van der Waals surface area contributed by atoms with Crippen LogP contribution in [-0.4, -0.2) is 40.6 Å². The van der Waals surface area contributed by atoms with Crippen LogP contribution < -0.4 is 14.4 Å². The second kappa shape index (κ2) is 10.8. The molecular weight excluding hydrogens is 455 g/mol. The maximum Gasteiger partial charge on any atom is 0.237 e. The average molecular weight is 479 g/mol. The molecule has 4 aromatic rings. The van der Waals surface area contributed by atoms with E-state index >= 15 is 0 Å². The number of aromatic nitrogens is 3. The van der Waals surface area contributed by atoms with Gasteiger partial charge in [0.1, 0.15) is 23.9 Å². The normalized spacial score (nSPS) is 10.7. The quantitative estimate of drug-likeness (QED) is 0.324. The lowest BCUT2D eigenvalue weighted by atomic mass is 10.3. The van der Waals surface area contributed by atoms with Crippen molar-refractivity contribution in [3.8, 4) is 17.2 Å². The number of halogens is 1. The molecular formula is C25H23FN4O3S. The summed E-state index contributed by atoms with van der Waals surface area (Å²) < 4.78 is 27.3. The zero-order chi connectivity index (χ0) is 23.9. The molecule has 0 spiro atoms. The Morgan fingerprint density at radius 3 is 2.35 bits per heavy atom. The molecule has 9 heteroatoms. The molecule has 34 heavy (non-hydrogen) atoms. The fourth-order valence-electron chi connectivity index (χ4n) is 3.20. The van der Waals surface area contributed by atoms with Crippen LogP contribution in [0, 0.1) is 5.82 Å². The molecule has 0 saturated heterocycles. The van der Waals surface area contributed by atoms with Crippen LogP contribution in [0.25, 0.3) is 5.69 Å². The highest BCUT2D eigenvalue weighted by atomic mass is 32.2. The summed E-state index contributed by atoms with van der Waals surface area (Å²) in [7, 11) is 3.31. The first-order valence-corrected chi connectivity index (χ1v) is 11.5. The predicted octanol–water partition coefficient (Wildman–Crippen LogP) is 4.75. The van der Waals surface area contributed by atoms with Gasteiger partial charge in [-0.1, -0.05) is 42.1 Å². The van der Waals surface area contributed by atoms with Crippen LogP contribution in [-0.2, 0) is 11.4 Å². The van der Waals surface area contributed by atoms with E-state index < -0.39 is 5.82 Å². The zero-order valence-corrected chi connectivity index (χ0v) is 19.5. The molecule has 0 radical (unpaired) electrons. The highest BCUT2D eigenvalue weighted by molar-refractivity contribution is 7.99. The third kappa shape index (κ3) is 5.37. The molecule has 4 rings (SSSR count). The topological polar surface area (TPSA) is 69.5 Å². The molecule has 0 aliphatic carbocycles. The summed E-state index contributed by atoms with van der Waals surface area (Å²) in [6, 6.07) is 22.8. The molecule has 174 valence electrons. The van der Waals surface area contributed by atoms with E-state index in [1.54, 1.807) is 66.1 Å². The maximum atomic E-state index is 14.7. The number of hydrogen-bond donors (Lipinski definition) is 0. The Labute approximate surface area is 201 Å². The Hall–Kier alpha value is -3.85. The van der Waals surface area contributed by atoms with Gasteiger partial charge in [-0.25, -0.2) is 4.39 Å². The number of ether oxygens (including phenoxy) is 2. The number of thioether (sulfide) groups is 1. The van der Waals surface area contributed by atoms with E-state index in [0.717, 1.165) is 5.69 Å². The van der Waals surface area contributed by atoms with Crippen LogP contribution in [0.1, 0.15) is 5.82 Å². The van der Waals surface area contributed by atoms with Crippen molar-refractivity contribution < 1.29 is 18.7 Å². The molecule has 0 aliphatic heterocycles. The Kier molecular flexibility index (Phi) is 7.44. The minimum absolute atomic E-state index is 0.0616. The highest BCUT2D eigenvalue weighted by Gasteiger charge is 2.20. The van der Waals surface area contributed by atoms with Gasteiger partial charge in [0, 0.05) is 12.7 Å². The summed E-state index contributed by atoms with van der Waals surface area (Å²) in [4.78, 5) is 14.3. The summed E-state index contributed by atoms with van der Waals surface area (Å²) >= 11 is 1.19. The fraction of sp³-hybridized carbons (Fsp3) is 0.160. The first-order chi connectivity index (χ1) is 16.6. The number of carbonyl (C=O) groups is 1. The molecule has 1 aromatic heterocycles. The van der Waals surface area contributed by atoms with Crippen LogP contribution in [0.3, 0.4) is 0 Å². The number of carbonyl (C=O) groups excluding carboxylic acids is 1. The monoisotopic (exact) mass is 478 g/mol. The number of benzene rings is 3. The van der Waals surface area contributed by atoms with Gasteiger partial charge in [0.05, 0.1) is 18.6 Å². The predicted molar refractivity (Wildman–Crippen MR) is 129 cm³/mol. The van der Waals surface area contributed by atoms with Gasteiger partial charge in [-0.05, 0) is 48.5 Å². The number of anilines is 1. The Balaban J connectivity index is 1.54. The van der Waals surface area contributed by atoms with Crippen molar-refractivity contribution in [2.24, 2.45) is 0 Å². The minimum Gasteiger partial charge on any atom is -0.497 e. The van der Waals surface area contributed by atoms with E-state index in [2.05, 4.69) is 10.2 Å². The lowest BCUT2D eigenvalue weighted by Crippen LogP contribution is -2.28. The third-order valence-electron chi connectivity index (χ3n) is 5.06. The Morgan fingerprint density at radius 2 is 1.65 bits per heavy atom. The second-order valence-corrected chi connectivity index (χ2v) is 8.17.